The molecule has 5 N–H and O–H groups in total. The number of aliphatic hydroxyl groups is 1. The first-order valence-corrected chi connectivity index (χ1v) is 10.7. The number of nitrogens with two attached hydrogens (primary N) is 1. The summed E-state index contributed by atoms with van der Waals surface area (Å²) in [7, 11) is 0. The Labute approximate surface area is 182 Å². The largest absolute Gasteiger partial charge is 0.489 e. The molecule has 31 heavy (non-hydrogen) atoms. The van der Waals surface area contributed by atoms with E-state index < -0.39 is 6.09 Å². The molecule has 0 spiro atoms. The predicted octanol–water partition coefficient (Wildman–Crippen LogP) is 2.43. The third kappa shape index (κ3) is 5.04. The van der Waals surface area contributed by atoms with Gasteiger partial charge in [0.15, 0.2) is 5.75 Å². The minimum atomic E-state index is -0.686. The number of fused-ring (bicyclic) bond motifs is 1. The van der Waals surface area contributed by atoms with Crippen LogP contribution >= 0.6 is 11.3 Å². The highest BCUT2D eigenvalue weighted by Gasteiger charge is 2.24. The number of rotatable bonds is 8. The zero-order valence-corrected chi connectivity index (χ0v) is 17.4. The molecule has 2 amide bonds. The summed E-state index contributed by atoms with van der Waals surface area (Å²) in [4.78, 5) is 28.2. The molecule has 0 atom stereocenters. The maximum Gasteiger partial charge on any atom is 0.412 e. The second-order valence-electron chi connectivity index (χ2n) is 7.08. The summed E-state index contributed by atoms with van der Waals surface area (Å²) in [6.45, 7) is 0.111. The van der Waals surface area contributed by atoms with Crippen LogP contribution in [0.15, 0.2) is 35.8 Å². The van der Waals surface area contributed by atoms with Gasteiger partial charge in [0.25, 0.3) is 5.91 Å². The van der Waals surface area contributed by atoms with E-state index in [-0.39, 0.29) is 37.5 Å². The standard InChI is InChI=1S/C21H22N4O5S/c22-19-17-13(11-31-18(17)16(9-24-19)30-21(28)23-6-7-26)10-29-15-3-1-2-12(8-15)20(27)25-14-4-5-14/h1-3,8-9,11,14,26H,4-7,10H2,(H2,22,24)(H,23,28)(H,25,27). The Morgan fingerprint density at radius 3 is 2.94 bits per heavy atom. The number of hydrogen-bond donors (Lipinski definition) is 4. The van der Waals surface area contributed by atoms with Gasteiger partial charge in [0, 0.05) is 29.1 Å². The van der Waals surface area contributed by atoms with Crippen LogP contribution in [0.4, 0.5) is 10.6 Å². The maximum absolute atomic E-state index is 12.2. The van der Waals surface area contributed by atoms with E-state index in [1.165, 1.54) is 17.5 Å². The van der Waals surface area contributed by atoms with E-state index in [0.717, 1.165) is 18.4 Å². The molecule has 1 saturated carbocycles. The minimum Gasteiger partial charge on any atom is -0.489 e. The number of amides is 2. The number of aliphatic hydroxyl groups excluding tert-OH is 1. The lowest BCUT2D eigenvalue weighted by Gasteiger charge is -2.10. The Balaban J connectivity index is 1.48. The fourth-order valence-electron chi connectivity index (χ4n) is 2.96. The van der Waals surface area contributed by atoms with Gasteiger partial charge in [-0.2, -0.15) is 0 Å². The van der Waals surface area contributed by atoms with E-state index in [4.69, 9.17) is 20.3 Å². The number of nitrogen functional groups attached to an aromatic ring is 1. The molecule has 0 aliphatic heterocycles. The van der Waals surface area contributed by atoms with Crippen molar-refractivity contribution in [3.05, 3.63) is 47.0 Å². The van der Waals surface area contributed by atoms with Gasteiger partial charge in [0.1, 0.15) is 18.2 Å². The van der Waals surface area contributed by atoms with Crippen molar-refractivity contribution in [2.24, 2.45) is 0 Å². The molecule has 0 bridgehead atoms. The molecule has 0 unspecified atom stereocenters. The summed E-state index contributed by atoms with van der Waals surface area (Å²) in [5.41, 5.74) is 7.40. The molecule has 2 aromatic heterocycles. The molecule has 3 aromatic rings. The predicted molar refractivity (Wildman–Crippen MR) is 116 cm³/mol. The molecular weight excluding hydrogens is 420 g/mol. The van der Waals surface area contributed by atoms with Crippen LogP contribution in [-0.4, -0.2) is 41.3 Å². The molecule has 9 nitrogen and oxygen atoms in total. The minimum absolute atomic E-state index is 0.0889. The van der Waals surface area contributed by atoms with Gasteiger partial charge in [-0.25, -0.2) is 9.78 Å². The van der Waals surface area contributed by atoms with Crippen molar-refractivity contribution in [1.29, 1.82) is 0 Å². The van der Waals surface area contributed by atoms with Gasteiger partial charge < -0.3 is 30.9 Å². The number of ether oxygens (including phenoxy) is 2. The first-order valence-electron chi connectivity index (χ1n) is 9.80. The van der Waals surface area contributed by atoms with Crippen LogP contribution in [0.5, 0.6) is 11.5 Å². The van der Waals surface area contributed by atoms with Crippen molar-refractivity contribution in [3.63, 3.8) is 0 Å². The lowest BCUT2D eigenvalue weighted by atomic mass is 10.2. The second-order valence-corrected chi connectivity index (χ2v) is 7.96. The first kappa shape index (κ1) is 20.9. The van der Waals surface area contributed by atoms with Crippen LogP contribution in [0.1, 0.15) is 28.8 Å². The third-order valence-electron chi connectivity index (χ3n) is 4.65. The summed E-state index contributed by atoms with van der Waals surface area (Å²) in [6.07, 6.45) is 2.75. The number of hydrogen-bond acceptors (Lipinski definition) is 8. The lowest BCUT2D eigenvalue weighted by Crippen LogP contribution is -2.29. The smallest absolute Gasteiger partial charge is 0.412 e. The van der Waals surface area contributed by atoms with Gasteiger partial charge in [0.2, 0.25) is 0 Å². The number of thiophene rings is 1. The molecular formula is C21H22N4O5S. The fourth-order valence-corrected chi connectivity index (χ4v) is 3.97. The van der Waals surface area contributed by atoms with Crippen molar-refractivity contribution < 1.29 is 24.2 Å². The van der Waals surface area contributed by atoms with Crippen molar-refractivity contribution in [2.45, 2.75) is 25.5 Å². The van der Waals surface area contributed by atoms with Gasteiger partial charge in [0.05, 0.1) is 17.5 Å². The van der Waals surface area contributed by atoms with E-state index in [0.29, 0.717) is 27.2 Å². The van der Waals surface area contributed by atoms with Crippen LogP contribution < -0.4 is 25.8 Å². The number of carbonyl (C=O) groups excluding carboxylic acids is 2. The van der Waals surface area contributed by atoms with Gasteiger partial charge in [-0.05, 0) is 36.4 Å². The van der Waals surface area contributed by atoms with Gasteiger partial charge in [-0.3, -0.25) is 4.79 Å². The summed E-state index contributed by atoms with van der Waals surface area (Å²) >= 11 is 1.36. The Bertz CT molecular complexity index is 1110. The first-order chi connectivity index (χ1) is 15.0. The highest BCUT2D eigenvalue weighted by Crippen LogP contribution is 2.37. The Morgan fingerprint density at radius 2 is 2.16 bits per heavy atom. The van der Waals surface area contributed by atoms with E-state index in [2.05, 4.69) is 15.6 Å². The Morgan fingerprint density at radius 1 is 1.32 bits per heavy atom. The quantitative estimate of drug-likeness (QED) is 0.421. The number of pyridine rings is 1. The molecule has 2 heterocycles. The molecule has 1 aromatic carbocycles. The zero-order valence-electron chi connectivity index (χ0n) is 16.6. The van der Waals surface area contributed by atoms with Crippen LogP contribution in [0.3, 0.4) is 0 Å². The Kier molecular flexibility index (Phi) is 6.19. The van der Waals surface area contributed by atoms with E-state index in [1.54, 1.807) is 24.3 Å². The van der Waals surface area contributed by atoms with E-state index in [1.807, 2.05) is 5.38 Å². The highest BCUT2D eigenvalue weighted by molar-refractivity contribution is 7.17. The van der Waals surface area contributed by atoms with Gasteiger partial charge >= 0.3 is 6.09 Å². The van der Waals surface area contributed by atoms with Crippen molar-refractivity contribution in [2.75, 3.05) is 18.9 Å². The van der Waals surface area contributed by atoms with Gasteiger partial charge in [-0.15, -0.1) is 11.3 Å². The van der Waals surface area contributed by atoms with E-state index in [9.17, 15) is 9.59 Å². The number of benzene rings is 1. The molecule has 0 radical (unpaired) electrons. The van der Waals surface area contributed by atoms with Crippen molar-refractivity contribution in [3.8, 4) is 11.5 Å². The van der Waals surface area contributed by atoms with Crippen LogP contribution in [0.2, 0.25) is 0 Å². The maximum atomic E-state index is 12.2. The summed E-state index contributed by atoms with van der Waals surface area (Å²) in [5.74, 6) is 1.03. The SMILES string of the molecule is Nc1ncc(OC(=O)NCCO)c2scc(COc3cccc(C(=O)NC4CC4)c3)c12. The molecule has 10 heteroatoms. The zero-order chi connectivity index (χ0) is 21.8. The van der Waals surface area contributed by atoms with E-state index >= 15 is 0 Å². The van der Waals surface area contributed by atoms with Crippen LogP contribution in [0.25, 0.3) is 10.1 Å². The summed E-state index contributed by atoms with van der Waals surface area (Å²) < 4.78 is 11.8. The van der Waals surface area contributed by atoms with Crippen LogP contribution in [0, 0.1) is 0 Å². The fraction of sp³-hybridized carbons (Fsp3) is 0.286. The van der Waals surface area contributed by atoms with Crippen molar-refractivity contribution in [1.82, 2.24) is 15.6 Å². The summed E-state index contributed by atoms with van der Waals surface area (Å²) in [5, 5.41) is 16.7. The Hall–Kier alpha value is -3.37. The number of aromatic nitrogens is 1. The normalized spacial score (nSPS) is 13.1. The molecule has 4 rings (SSSR count). The second kappa shape index (κ2) is 9.19. The average molecular weight is 442 g/mol. The average Bonchev–Trinajstić information content (AvgIpc) is 3.48. The monoisotopic (exact) mass is 442 g/mol. The topological polar surface area (TPSA) is 136 Å². The molecule has 1 aliphatic carbocycles. The molecule has 1 fully saturated rings. The molecule has 1 aliphatic rings. The number of nitrogens with zero attached hydrogens (tertiary/aromatic N) is 1. The highest BCUT2D eigenvalue weighted by atomic mass is 32.1. The lowest BCUT2D eigenvalue weighted by molar-refractivity contribution is 0.0950. The number of anilines is 1. The van der Waals surface area contributed by atoms with Gasteiger partial charge in [-0.1, -0.05) is 6.07 Å². The summed E-state index contributed by atoms with van der Waals surface area (Å²) in [6, 6.07) is 7.29. The van der Waals surface area contributed by atoms with Crippen molar-refractivity contribution >= 4 is 39.2 Å². The third-order valence-corrected chi connectivity index (χ3v) is 5.70. The molecule has 0 saturated heterocycles. The van der Waals surface area contributed by atoms with Crippen LogP contribution in [-0.2, 0) is 6.61 Å². The molecule has 162 valence electrons. The number of carbonyl (C=O) groups is 2. The number of nitrogens with one attached hydrogen (secondary N) is 2.